The molecule has 0 saturated heterocycles. The van der Waals surface area contributed by atoms with E-state index in [0.717, 1.165) is 5.56 Å². The molecular formula is C9H11BN2O2. The molecule has 0 spiro atoms. The summed E-state index contributed by atoms with van der Waals surface area (Å²) in [5.41, 5.74) is 5.96. The Labute approximate surface area is 82.7 Å². The Hall–Kier alpha value is -1.49. The predicted octanol–water partition coefficient (Wildman–Crippen LogP) is -0.190. The summed E-state index contributed by atoms with van der Waals surface area (Å²) >= 11 is 0. The number of hydrogen-bond donors (Lipinski definition) is 2. The molecule has 1 amide bonds. The van der Waals surface area contributed by atoms with Gasteiger partial charge in [0.2, 0.25) is 0 Å². The summed E-state index contributed by atoms with van der Waals surface area (Å²) in [4.78, 5) is 11.0. The zero-order valence-corrected chi connectivity index (χ0v) is 7.64. The Bertz CT molecular complexity index is 316. The van der Waals surface area contributed by atoms with Gasteiger partial charge >= 0.3 is 82.0 Å². The molecule has 1 aromatic rings. The van der Waals surface area contributed by atoms with Crippen molar-refractivity contribution >= 4 is 13.1 Å². The number of carbonyl (C=O) groups excluding carboxylic acids is 1. The van der Waals surface area contributed by atoms with E-state index < -0.39 is 11.9 Å². The van der Waals surface area contributed by atoms with E-state index in [1.54, 1.807) is 12.1 Å². The van der Waals surface area contributed by atoms with E-state index in [1.807, 2.05) is 18.2 Å². The molecular weight excluding hydrogens is 179 g/mol. The van der Waals surface area contributed by atoms with Crippen LogP contribution in [0.5, 0.6) is 0 Å². The van der Waals surface area contributed by atoms with E-state index in [4.69, 9.17) is 5.73 Å². The minimum absolute atomic E-state index is 0.114. The first-order valence-electron chi connectivity index (χ1n) is 4.27. The van der Waals surface area contributed by atoms with E-state index >= 15 is 0 Å². The van der Waals surface area contributed by atoms with Gasteiger partial charge in [-0.05, 0) is 0 Å². The molecule has 0 saturated carbocycles. The van der Waals surface area contributed by atoms with Crippen molar-refractivity contribution in [1.82, 2.24) is 5.32 Å². The summed E-state index contributed by atoms with van der Waals surface area (Å²) in [5.74, 6) is -0.488. The molecule has 1 unspecified atom stereocenters. The molecule has 72 valence electrons. The fourth-order valence-corrected chi connectivity index (χ4v) is 1.19. The Morgan fingerprint density at radius 3 is 2.57 bits per heavy atom. The van der Waals surface area contributed by atoms with Crippen molar-refractivity contribution in [3.63, 3.8) is 0 Å². The van der Waals surface area contributed by atoms with Crippen molar-refractivity contribution in [1.29, 1.82) is 0 Å². The van der Waals surface area contributed by atoms with Gasteiger partial charge in [-0.2, -0.15) is 0 Å². The van der Waals surface area contributed by atoms with Crippen LogP contribution in [0, 0.1) is 0 Å². The number of amides is 1. The second-order valence-electron chi connectivity index (χ2n) is 2.82. The van der Waals surface area contributed by atoms with Gasteiger partial charge in [0.15, 0.2) is 0 Å². The summed E-state index contributed by atoms with van der Waals surface area (Å²) in [5, 5.41) is 2.74. The normalized spacial score (nSPS) is 11.7. The fraction of sp³-hybridized carbons (Fsp3) is 0.222. The molecule has 0 aromatic heterocycles. The number of benzene rings is 1. The number of rotatable bonds is 5. The van der Waals surface area contributed by atoms with Crippen molar-refractivity contribution in [3.05, 3.63) is 35.9 Å². The third-order valence-corrected chi connectivity index (χ3v) is 1.82. The van der Waals surface area contributed by atoms with Crippen LogP contribution in [0.25, 0.3) is 0 Å². The molecule has 0 aliphatic heterocycles. The van der Waals surface area contributed by atoms with E-state index in [0.29, 0.717) is 7.15 Å². The van der Waals surface area contributed by atoms with Crippen molar-refractivity contribution in [2.75, 3.05) is 6.44 Å². The summed E-state index contributed by atoms with van der Waals surface area (Å²) in [6, 6.07) is 8.45. The first kappa shape index (κ1) is 10.6. The van der Waals surface area contributed by atoms with Crippen LogP contribution < -0.4 is 11.1 Å². The second kappa shape index (κ2) is 5.29. The van der Waals surface area contributed by atoms with Crippen LogP contribution in [0.4, 0.5) is 0 Å². The van der Waals surface area contributed by atoms with Gasteiger partial charge in [0.05, 0.1) is 0 Å². The molecule has 0 aliphatic carbocycles. The third kappa shape index (κ3) is 2.78. The Balaban J connectivity index is 2.78. The van der Waals surface area contributed by atoms with Crippen molar-refractivity contribution in [2.45, 2.75) is 6.04 Å². The molecule has 5 heteroatoms. The summed E-state index contributed by atoms with van der Waals surface area (Å²) in [6.45, 7) is 0. The monoisotopic (exact) mass is 190 g/mol. The van der Waals surface area contributed by atoms with Crippen LogP contribution in [0.15, 0.2) is 30.3 Å². The number of primary amides is 1. The summed E-state index contributed by atoms with van der Waals surface area (Å²) in [7, 11) is 0.693. The van der Waals surface area contributed by atoms with Crippen LogP contribution >= 0.6 is 0 Å². The van der Waals surface area contributed by atoms with E-state index in [-0.39, 0.29) is 6.44 Å². The molecule has 0 heterocycles. The van der Waals surface area contributed by atoms with Crippen LogP contribution in [0.3, 0.4) is 0 Å². The first-order valence-corrected chi connectivity index (χ1v) is 4.27. The fourth-order valence-electron chi connectivity index (χ4n) is 1.19. The molecule has 14 heavy (non-hydrogen) atoms. The van der Waals surface area contributed by atoms with Gasteiger partial charge in [-0.1, -0.05) is 0 Å². The molecule has 1 aromatic carbocycles. The quantitative estimate of drug-likeness (QED) is 0.632. The number of nitrogens with two attached hydrogens (primary N) is 1. The molecule has 0 fully saturated rings. The maximum atomic E-state index is 11.0. The SMILES string of the molecule is NC(=O)C(NCB=O)c1ccccc1. The van der Waals surface area contributed by atoms with Crippen LogP contribution in [-0.4, -0.2) is 19.5 Å². The number of nitrogens with one attached hydrogen (secondary N) is 1. The topological polar surface area (TPSA) is 72.2 Å². The van der Waals surface area contributed by atoms with Crippen molar-refractivity contribution < 1.29 is 9.50 Å². The first-order chi connectivity index (χ1) is 6.75. The number of hydrogen-bond acceptors (Lipinski definition) is 3. The van der Waals surface area contributed by atoms with Crippen LogP contribution in [0.1, 0.15) is 11.6 Å². The van der Waals surface area contributed by atoms with Crippen molar-refractivity contribution in [3.8, 4) is 0 Å². The molecule has 4 nitrogen and oxygen atoms in total. The van der Waals surface area contributed by atoms with Crippen molar-refractivity contribution in [2.24, 2.45) is 5.73 Å². The molecule has 0 aliphatic rings. The Morgan fingerprint density at radius 1 is 1.43 bits per heavy atom. The molecule has 0 bridgehead atoms. The molecule has 3 N–H and O–H groups in total. The average Bonchev–Trinajstić information content (AvgIpc) is 2.19. The standard InChI is InChI=1S/C9H11BN2O2/c11-9(13)8(12-6-10-14)7-4-2-1-3-5-7/h1-5,8,12H,6H2,(H2,11,13). The number of carbonyl (C=O) groups is 1. The predicted molar refractivity (Wildman–Crippen MR) is 52.8 cm³/mol. The van der Waals surface area contributed by atoms with Gasteiger partial charge in [0.1, 0.15) is 0 Å². The van der Waals surface area contributed by atoms with Gasteiger partial charge in [-0.15, -0.1) is 0 Å². The van der Waals surface area contributed by atoms with Gasteiger partial charge in [-0.3, -0.25) is 0 Å². The zero-order valence-electron chi connectivity index (χ0n) is 7.64. The molecule has 1 rings (SSSR count). The maximum absolute atomic E-state index is 11.0. The van der Waals surface area contributed by atoms with Gasteiger partial charge in [0, 0.05) is 0 Å². The second-order valence-corrected chi connectivity index (χ2v) is 2.82. The molecule has 1 atom stereocenters. The van der Waals surface area contributed by atoms with Crippen LogP contribution in [-0.2, 0) is 9.50 Å². The van der Waals surface area contributed by atoms with Gasteiger partial charge in [-0.25, -0.2) is 0 Å². The van der Waals surface area contributed by atoms with Crippen LogP contribution in [0.2, 0.25) is 0 Å². The zero-order chi connectivity index (χ0) is 10.4. The Kier molecular flexibility index (Phi) is 4.00. The minimum atomic E-state index is -0.596. The molecule has 0 radical (unpaired) electrons. The van der Waals surface area contributed by atoms with Gasteiger partial charge < -0.3 is 0 Å². The van der Waals surface area contributed by atoms with E-state index in [1.165, 1.54) is 0 Å². The summed E-state index contributed by atoms with van der Waals surface area (Å²) < 4.78 is 10.1. The average molecular weight is 190 g/mol. The van der Waals surface area contributed by atoms with E-state index in [2.05, 4.69) is 5.32 Å². The third-order valence-electron chi connectivity index (χ3n) is 1.82. The van der Waals surface area contributed by atoms with Gasteiger partial charge in [0.25, 0.3) is 0 Å². The summed E-state index contributed by atoms with van der Waals surface area (Å²) in [6.07, 6.45) is 0.114. The van der Waals surface area contributed by atoms with E-state index in [9.17, 15) is 9.50 Å². The Morgan fingerprint density at radius 2 is 2.07 bits per heavy atom.